The van der Waals surface area contributed by atoms with E-state index in [9.17, 15) is 35.9 Å². The molecule has 1 aromatic rings. The van der Waals surface area contributed by atoms with Crippen molar-refractivity contribution in [3.63, 3.8) is 0 Å². The average molecular weight is 554 g/mol. The van der Waals surface area contributed by atoms with Gasteiger partial charge in [0.2, 0.25) is 11.8 Å². The lowest BCUT2D eigenvalue weighted by atomic mass is 9.96. The SMILES string of the molecule is C[C@@H](COCCC(=O)N1CCN2c3ncc(C(F)(F)F)cc3OC[C@H]2C1)NC1CNNC(=O)C1C(F)(F)F. The van der Waals surface area contributed by atoms with Gasteiger partial charge in [0, 0.05) is 44.5 Å². The molecule has 3 aliphatic heterocycles. The van der Waals surface area contributed by atoms with Gasteiger partial charge in [0.05, 0.1) is 31.2 Å². The third-order valence-electron chi connectivity index (χ3n) is 6.60. The zero-order valence-electron chi connectivity index (χ0n) is 20.4. The van der Waals surface area contributed by atoms with Crippen LogP contribution >= 0.6 is 0 Å². The van der Waals surface area contributed by atoms with E-state index in [0.29, 0.717) is 25.5 Å². The second-order valence-corrected chi connectivity index (χ2v) is 9.43. The van der Waals surface area contributed by atoms with Crippen molar-refractivity contribution < 1.29 is 45.4 Å². The Morgan fingerprint density at radius 3 is 2.76 bits per heavy atom. The molecule has 4 rings (SSSR count). The standard InChI is InChI=1S/C22H28F6N6O4/c1-12(31-15-8-30-32-20(36)18(15)22(26,27)28)10-37-5-2-17(35)33-3-4-34-14(9-33)11-38-16-6-13(21(23,24)25)7-29-19(16)34/h6-7,12,14-15,18,30-31H,2-5,8-11H2,1H3,(H,32,36)/t12-,14+,15?,18?/m0/s1. The van der Waals surface area contributed by atoms with Gasteiger partial charge in [-0.3, -0.25) is 15.0 Å². The summed E-state index contributed by atoms with van der Waals surface area (Å²) in [6, 6.07) is -1.03. The molecule has 16 heteroatoms. The zero-order valence-corrected chi connectivity index (χ0v) is 20.4. The van der Waals surface area contributed by atoms with Gasteiger partial charge in [-0.05, 0) is 13.0 Å². The topological polar surface area (TPSA) is 108 Å². The first-order valence-electron chi connectivity index (χ1n) is 12.0. The molecule has 2 amide bonds. The number of nitrogens with zero attached hydrogens (tertiary/aromatic N) is 3. The van der Waals surface area contributed by atoms with Gasteiger partial charge in [0.25, 0.3) is 0 Å². The number of ether oxygens (including phenoxy) is 2. The first-order chi connectivity index (χ1) is 17.8. The number of fused-ring (bicyclic) bond motifs is 3. The maximum atomic E-state index is 13.2. The highest BCUT2D eigenvalue weighted by Gasteiger charge is 2.51. The van der Waals surface area contributed by atoms with Crippen LogP contribution < -0.4 is 25.8 Å². The number of carbonyl (C=O) groups excluding carboxylic acids is 2. The summed E-state index contributed by atoms with van der Waals surface area (Å²) in [5.74, 6) is -3.18. The molecule has 2 fully saturated rings. The van der Waals surface area contributed by atoms with Gasteiger partial charge in [0.1, 0.15) is 6.61 Å². The maximum Gasteiger partial charge on any atom is 0.418 e. The second kappa shape index (κ2) is 11.1. The Labute approximate surface area is 214 Å². The van der Waals surface area contributed by atoms with E-state index < -0.39 is 41.8 Å². The number of aromatic nitrogens is 1. The third kappa shape index (κ3) is 6.40. The van der Waals surface area contributed by atoms with Crippen LogP contribution in [0.3, 0.4) is 0 Å². The van der Waals surface area contributed by atoms with Crippen molar-refractivity contribution in [1.82, 2.24) is 26.1 Å². The number of anilines is 1. The Hall–Kier alpha value is -2.85. The highest BCUT2D eigenvalue weighted by molar-refractivity contribution is 5.80. The van der Waals surface area contributed by atoms with Gasteiger partial charge >= 0.3 is 12.4 Å². The summed E-state index contributed by atoms with van der Waals surface area (Å²) >= 11 is 0. The van der Waals surface area contributed by atoms with Crippen molar-refractivity contribution in [2.24, 2.45) is 5.92 Å². The molecule has 1 aromatic heterocycles. The number of rotatable bonds is 7. The summed E-state index contributed by atoms with van der Waals surface area (Å²) in [5.41, 5.74) is 3.53. The summed E-state index contributed by atoms with van der Waals surface area (Å²) in [6.45, 7) is 2.69. The van der Waals surface area contributed by atoms with Crippen molar-refractivity contribution >= 4 is 17.6 Å². The lowest BCUT2D eigenvalue weighted by molar-refractivity contribution is -0.193. The van der Waals surface area contributed by atoms with Crippen molar-refractivity contribution in [1.29, 1.82) is 0 Å². The minimum Gasteiger partial charge on any atom is -0.487 e. The summed E-state index contributed by atoms with van der Waals surface area (Å²) in [5, 5.41) is 2.76. The lowest BCUT2D eigenvalue weighted by Crippen LogP contribution is -2.64. The summed E-state index contributed by atoms with van der Waals surface area (Å²) in [6.07, 6.45) is -8.42. The number of nitrogens with one attached hydrogen (secondary N) is 3. The monoisotopic (exact) mass is 554 g/mol. The number of pyridine rings is 1. The Balaban J connectivity index is 1.21. The smallest absolute Gasteiger partial charge is 0.418 e. The number of alkyl halides is 6. The predicted molar refractivity (Wildman–Crippen MR) is 120 cm³/mol. The number of hydrazine groups is 1. The van der Waals surface area contributed by atoms with E-state index in [1.807, 2.05) is 10.3 Å². The minimum absolute atomic E-state index is 0.0303. The van der Waals surface area contributed by atoms with Gasteiger partial charge in [-0.25, -0.2) is 10.4 Å². The molecule has 3 N–H and O–H groups in total. The van der Waals surface area contributed by atoms with Crippen LogP contribution in [0.4, 0.5) is 32.2 Å². The summed E-state index contributed by atoms with van der Waals surface area (Å²) in [7, 11) is 0. The molecule has 0 spiro atoms. The first kappa shape index (κ1) is 28.2. The van der Waals surface area contributed by atoms with Gasteiger partial charge in [-0.2, -0.15) is 26.3 Å². The molecule has 4 atom stereocenters. The molecule has 2 unspecified atom stereocenters. The first-order valence-corrected chi connectivity index (χ1v) is 12.0. The molecule has 2 saturated heterocycles. The number of amides is 2. The van der Waals surface area contributed by atoms with E-state index in [2.05, 4.69) is 15.7 Å². The highest BCUT2D eigenvalue weighted by Crippen LogP contribution is 2.38. The fourth-order valence-corrected chi connectivity index (χ4v) is 4.75. The van der Waals surface area contributed by atoms with E-state index in [-0.39, 0.29) is 50.5 Å². The molecule has 0 radical (unpaired) electrons. The lowest BCUT2D eigenvalue weighted by Gasteiger charge is -2.44. The number of hydrogen-bond acceptors (Lipinski definition) is 8. The zero-order chi connectivity index (χ0) is 27.7. The summed E-state index contributed by atoms with van der Waals surface area (Å²) in [4.78, 5) is 31.7. The fourth-order valence-electron chi connectivity index (χ4n) is 4.75. The van der Waals surface area contributed by atoms with E-state index in [1.54, 1.807) is 11.8 Å². The molecule has 0 aromatic carbocycles. The second-order valence-electron chi connectivity index (χ2n) is 9.43. The molecule has 0 saturated carbocycles. The number of piperazine rings is 1. The van der Waals surface area contributed by atoms with Crippen LogP contribution in [-0.4, -0.2) is 92.0 Å². The third-order valence-corrected chi connectivity index (χ3v) is 6.60. The Bertz CT molecular complexity index is 1030. The quantitative estimate of drug-likeness (QED) is 0.340. The number of hydrogen-bond donors (Lipinski definition) is 3. The molecular weight excluding hydrogens is 526 g/mol. The number of halogens is 6. The Morgan fingerprint density at radius 1 is 1.29 bits per heavy atom. The van der Waals surface area contributed by atoms with E-state index >= 15 is 0 Å². The molecule has 10 nitrogen and oxygen atoms in total. The fraction of sp³-hybridized carbons (Fsp3) is 0.682. The van der Waals surface area contributed by atoms with Gasteiger partial charge in [0.15, 0.2) is 17.5 Å². The molecule has 38 heavy (non-hydrogen) atoms. The van der Waals surface area contributed by atoms with Gasteiger partial charge < -0.3 is 24.6 Å². The van der Waals surface area contributed by atoms with Crippen LogP contribution in [0.5, 0.6) is 5.75 Å². The minimum atomic E-state index is -4.70. The average Bonchev–Trinajstić information content (AvgIpc) is 2.84. The van der Waals surface area contributed by atoms with Crippen LogP contribution in [0.25, 0.3) is 0 Å². The normalized spacial score (nSPS) is 24.7. The summed E-state index contributed by atoms with van der Waals surface area (Å²) < 4.78 is 89.6. The highest BCUT2D eigenvalue weighted by atomic mass is 19.4. The number of carbonyl (C=O) groups is 2. The van der Waals surface area contributed by atoms with Crippen molar-refractivity contribution in [3.8, 4) is 5.75 Å². The van der Waals surface area contributed by atoms with E-state index in [0.717, 1.165) is 12.3 Å². The van der Waals surface area contributed by atoms with E-state index in [1.165, 1.54) is 0 Å². The van der Waals surface area contributed by atoms with Crippen LogP contribution in [0, 0.1) is 5.92 Å². The van der Waals surface area contributed by atoms with Crippen molar-refractivity contribution in [2.75, 3.05) is 50.9 Å². The molecule has 4 heterocycles. The van der Waals surface area contributed by atoms with Crippen LogP contribution in [0.1, 0.15) is 18.9 Å². The van der Waals surface area contributed by atoms with Crippen LogP contribution in [0.15, 0.2) is 12.3 Å². The molecule has 0 aliphatic carbocycles. The maximum absolute atomic E-state index is 13.2. The Morgan fingerprint density at radius 2 is 2.05 bits per heavy atom. The van der Waals surface area contributed by atoms with Crippen molar-refractivity contribution in [2.45, 2.75) is 43.8 Å². The van der Waals surface area contributed by atoms with Gasteiger partial charge in [-0.1, -0.05) is 0 Å². The van der Waals surface area contributed by atoms with E-state index in [4.69, 9.17) is 9.47 Å². The molecule has 3 aliphatic rings. The molecular formula is C22H28F6N6O4. The predicted octanol–water partition coefficient (Wildman–Crippen LogP) is 1.08. The van der Waals surface area contributed by atoms with Crippen LogP contribution in [0.2, 0.25) is 0 Å². The van der Waals surface area contributed by atoms with Crippen molar-refractivity contribution in [3.05, 3.63) is 17.8 Å². The largest absolute Gasteiger partial charge is 0.487 e. The van der Waals surface area contributed by atoms with Crippen LogP contribution in [-0.2, 0) is 20.5 Å². The van der Waals surface area contributed by atoms with Gasteiger partial charge in [-0.15, -0.1) is 0 Å². The molecule has 212 valence electrons. The Kier molecular flexibility index (Phi) is 8.23. The molecule has 0 bridgehead atoms.